The summed E-state index contributed by atoms with van der Waals surface area (Å²) in [6, 6.07) is -0.352. The smallest absolute Gasteiger partial charge is 0.325 e. The van der Waals surface area contributed by atoms with Crippen LogP contribution in [0.15, 0.2) is 0 Å². The molecule has 1 aliphatic carbocycles. The van der Waals surface area contributed by atoms with Crippen LogP contribution in [-0.4, -0.2) is 40.9 Å². The Morgan fingerprint density at radius 2 is 1.84 bits per heavy atom. The van der Waals surface area contributed by atoms with E-state index in [2.05, 4.69) is 17.6 Å². The van der Waals surface area contributed by atoms with E-state index in [0.29, 0.717) is 12.8 Å². The number of imide groups is 1. The molecule has 0 radical (unpaired) electrons. The van der Waals surface area contributed by atoms with Crippen molar-refractivity contribution in [3.8, 4) is 0 Å². The fourth-order valence-electron chi connectivity index (χ4n) is 3.90. The molecule has 1 saturated carbocycles. The number of amides is 4. The lowest BCUT2D eigenvalue weighted by molar-refractivity contribution is -0.135. The monoisotopic (exact) mass is 351 g/mol. The van der Waals surface area contributed by atoms with Gasteiger partial charge in [0.1, 0.15) is 12.1 Å². The average molecular weight is 351 g/mol. The topological polar surface area (TPSA) is 78.5 Å². The minimum Gasteiger partial charge on any atom is -0.352 e. The number of carbonyl (C=O) groups excluding carboxylic acids is 3. The van der Waals surface area contributed by atoms with Crippen LogP contribution in [0.4, 0.5) is 4.79 Å². The normalized spacial score (nSPS) is 21.1. The molecule has 6 heteroatoms. The van der Waals surface area contributed by atoms with Gasteiger partial charge in [0.2, 0.25) is 5.91 Å². The molecule has 2 aliphatic rings. The molecule has 1 heterocycles. The summed E-state index contributed by atoms with van der Waals surface area (Å²) >= 11 is 0. The van der Waals surface area contributed by atoms with Gasteiger partial charge in [-0.2, -0.15) is 0 Å². The van der Waals surface area contributed by atoms with Gasteiger partial charge in [0.05, 0.1) is 0 Å². The van der Waals surface area contributed by atoms with Crippen molar-refractivity contribution in [2.75, 3.05) is 6.54 Å². The van der Waals surface area contributed by atoms with Gasteiger partial charge in [-0.15, -0.1) is 0 Å². The summed E-state index contributed by atoms with van der Waals surface area (Å²) in [5, 5.41) is 5.79. The molecule has 2 rings (SSSR count). The Balaban J connectivity index is 1.83. The standard InChI is InChI=1S/C19H33N3O3/c1-3-4-5-8-11-15(2)20-16(23)14-22-17(24)19(21-18(22)25)12-9-6-7-10-13-19/h15H,3-14H2,1-2H3,(H,20,23)(H,21,25)/t15-/m1/s1. The SMILES string of the molecule is CCCCCC[C@@H](C)NC(=O)CN1C(=O)NC2(CCCCCC2)C1=O. The second-order valence-corrected chi connectivity index (χ2v) is 7.64. The third kappa shape index (κ3) is 5.19. The highest BCUT2D eigenvalue weighted by Crippen LogP contribution is 2.32. The first-order chi connectivity index (χ1) is 12.0. The summed E-state index contributed by atoms with van der Waals surface area (Å²) in [5.41, 5.74) is -0.764. The quantitative estimate of drug-likeness (QED) is 0.521. The summed E-state index contributed by atoms with van der Waals surface area (Å²) in [6.45, 7) is 3.97. The highest BCUT2D eigenvalue weighted by atomic mass is 16.2. The van der Waals surface area contributed by atoms with Crippen LogP contribution in [0.2, 0.25) is 0 Å². The molecular weight excluding hydrogens is 318 g/mol. The highest BCUT2D eigenvalue weighted by Gasteiger charge is 2.51. The van der Waals surface area contributed by atoms with Crippen LogP contribution in [0.3, 0.4) is 0 Å². The van der Waals surface area contributed by atoms with E-state index in [1.807, 2.05) is 6.92 Å². The van der Waals surface area contributed by atoms with Gasteiger partial charge in [-0.05, 0) is 26.2 Å². The molecule has 25 heavy (non-hydrogen) atoms. The zero-order valence-corrected chi connectivity index (χ0v) is 15.7. The Morgan fingerprint density at radius 1 is 1.16 bits per heavy atom. The Morgan fingerprint density at radius 3 is 2.48 bits per heavy atom. The molecule has 1 saturated heterocycles. The van der Waals surface area contributed by atoms with Gasteiger partial charge in [0.25, 0.3) is 5.91 Å². The Hall–Kier alpha value is -1.59. The van der Waals surface area contributed by atoms with E-state index in [1.165, 1.54) is 19.3 Å². The molecule has 0 aromatic heterocycles. The van der Waals surface area contributed by atoms with E-state index >= 15 is 0 Å². The van der Waals surface area contributed by atoms with Crippen molar-refractivity contribution < 1.29 is 14.4 Å². The summed E-state index contributed by atoms with van der Waals surface area (Å²) < 4.78 is 0. The van der Waals surface area contributed by atoms with E-state index in [1.54, 1.807) is 0 Å². The second-order valence-electron chi connectivity index (χ2n) is 7.64. The number of hydrogen-bond donors (Lipinski definition) is 2. The molecule has 0 unspecified atom stereocenters. The van der Waals surface area contributed by atoms with Gasteiger partial charge in [-0.25, -0.2) is 4.79 Å². The van der Waals surface area contributed by atoms with Crippen molar-refractivity contribution in [3.05, 3.63) is 0 Å². The van der Waals surface area contributed by atoms with Crippen LogP contribution in [-0.2, 0) is 9.59 Å². The zero-order valence-electron chi connectivity index (χ0n) is 15.7. The third-order valence-corrected chi connectivity index (χ3v) is 5.40. The van der Waals surface area contributed by atoms with Crippen LogP contribution in [0.1, 0.15) is 84.5 Å². The minimum atomic E-state index is -0.764. The molecule has 0 aromatic rings. The van der Waals surface area contributed by atoms with Crippen LogP contribution >= 0.6 is 0 Å². The second kappa shape index (κ2) is 9.20. The average Bonchev–Trinajstić information content (AvgIpc) is 2.74. The van der Waals surface area contributed by atoms with Gasteiger partial charge >= 0.3 is 6.03 Å². The number of unbranched alkanes of at least 4 members (excludes halogenated alkanes) is 3. The molecule has 4 amide bonds. The van der Waals surface area contributed by atoms with Crippen LogP contribution in [0.5, 0.6) is 0 Å². The fraction of sp³-hybridized carbons (Fsp3) is 0.842. The minimum absolute atomic E-state index is 0.0666. The van der Waals surface area contributed by atoms with E-state index in [-0.39, 0.29) is 24.4 Å². The number of carbonyl (C=O) groups is 3. The maximum Gasteiger partial charge on any atom is 0.325 e. The first-order valence-corrected chi connectivity index (χ1v) is 9.92. The van der Waals surface area contributed by atoms with Crippen LogP contribution in [0.25, 0.3) is 0 Å². The van der Waals surface area contributed by atoms with E-state index in [9.17, 15) is 14.4 Å². The first kappa shape index (κ1) is 19.7. The van der Waals surface area contributed by atoms with Gasteiger partial charge in [0.15, 0.2) is 0 Å². The van der Waals surface area contributed by atoms with Crippen LogP contribution < -0.4 is 10.6 Å². The summed E-state index contributed by atoms with van der Waals surface area (Å²) in [4.78, 5) is 38.4. The van der Waals surface area contributed by atoms with Crippen LogP contribution in [0, 0.1) is 0 Å². The lowest BCUT2D eigenvalue weighted by Crippen LogP contribution is -2.47. The maximum absolute atomic E-state index is 12.8. The highest BCUT2D eigenvalue weighted by molar-refractivity contribution is 6.09. The molecule has 1 atom stereocenters. The van der Waals surface area contributed by atoms with E-state index in [4.69, 9.17) is 0 Å². The Bertz CT molecular complexity index is 484. The van der Waals surface area contributed by atoms with Gasteiger partial charge in [0, 0.05) is 6.04 Å². The first-order valence-electron chi connectivity index (χ1n) is 9.92. The van der Waals surface area contributed by atoms with Crippen molar-refractivity contribution in [1.29, 1.82) is 0 Å². The van der Waals surface area contributed by atoms with E-state index < -0.39 is 11.6 Å². The lowest BCUT2D eigenvalue weighted by Gasteiger charge is -2.24. The Kier molecular flexibility index (Phi) is 7.26. The Labute approximate surface area is 151 Å². The number of nitrogens with zero attached hydrogens (tertiary/aromatic N) is 1. The third-order valence-electron chi connectivity index (χ3n) is 5.40. The van der Waals surface area contributed by atoms with Crippen molar-refractivity contribution in [2.45, 2.75) is 96.1 Å². The van der Waals surface area contributed by atoms with Crippen molar-refractivity contribution in [2.24, 2.45) is 0 Å². The van der Waals surface area contributed by atoms with E-state index in [0.717, 1.165) is 43.4 Å². The molecular formula is C19H33N3O3. The zero-order chi connectivity index (χ0) is 18.3. The summed E-state index contributed by atoms with van der Waals surface area (Å²) in [6.07, 6.45) is 11.0. The molecule has 142 valence electrons. The summed E-state index contributed by atoms with van der Waals surface area (Å²) in [5.74, 6) is -0.470. The van der Waals surface area contributed by atoms with Crippen molar-refractivity contribution >= 4 is 17.8 Å². The van der Waals surface area contributed by atoms with Crippen molar-refractivity contribution in [1.82, 2.24) is 15.5 Å². The summed E-state index contributed by atoms with van der Waals surface area (Å²) in [7, 11) is 0. The largest absolute Gasteiger partial charge is 0.352 e. The molecule has 2 N–H and O–H groups in total. The predicted molar refractivity (Wildman–Crippen MR) is 97.0 cm³/mol. The predicted octanol–water partition coefficient (Wildman–Crippen LogP) is 3.11. The number of hydrogen-bond acceptors (Lipinski definition) is 3. The van der Waals surface area contributed by atoms with Gasteiger partial charge in [-0.1, -0.05) is 58.3 Å². The van der Waals surface area contributed by atoms with Gasteiger partial charge < -0.3 is 10.6 Å². The molecule has 2 fully saturated rings. The number of urea groups is 1. The number of nitrogens with one attached hydrogen (secondary N) is 2. The lowest BCUT2D eigenvalue weighted by atomic mass is 9.90. The molecule has 6 nitrogen and oxygen atoms in total. The molecule has 1 aliphatic heterocycles. The maximum atomic E-state index is 12.8. The van der Waals surface area contributed by atoms with Gasteiger partial charge in [-0.3, -0.25) is 14.5 Å². The molecule has 1 spiro atoms. The number of rotatable bonds is 8. The van der Waals surface area contributed by atoms with Crippen molar-refractivity contribution in [3.63, 3.8) is 0 Å². The fourth-order valence-corrected chi connectivity index (χ4v) is 3.90. The molecule has 0 aromatic carbocycles. The molecule has 0 bridgehead atoms.